The third kappa shape index (κ3) is 5.89. The molecule has 1 aliphatic heterocycles. The van der Waals surface area contributed by atoms with Crippen LogP contribution in [0.4, 0.5) is 13.2 Å². The standard InChI is InChI=1S/C23H23F3N4O3/c24-23(25,26)33-18-7-5-17(6-8-18)15-28-11-13-29(14-12-28)21(31)9-10-30-16-27-20-4-2-1-3-19(20)22(30)32/h1-8,16H,9-15H2. The molecule has 4 rings (SSSR count). The summed E-state index contributed by atoms with van der Waals surface area (Å²) < 4.78 is 42.2. The molecule has 0 spiro atoms. The lowest BCUT2D eigenvalue weighted by Crippen LogP contribution is -2.48. The summed E-state index contributed by atoms with van der Waals surface area (Å²) in [6.07, 6.45) is -3.02. The van der Waals surface area contributed by atoms with Crippen molar-refractivity contribution in [3.8, 4) is 5.75 Å². The summed E-state index contributed by atoms with van der Waals surface area (Å²) in [6, 6.07) is 12.9. The van der Waals surface area contributed by atoms with Gasteiger partial charge in [-0.25, -0.2) is 4.98 Å². The molecule has 10 heteroatoms. The van der Waals surface area contributed by atoms with Crippen LogP contribution < -0.4 is 10.3 Å². The monoisotopic (exact) mass is 460 g/mol. The van der Waals surface area contributed by atoms with E-state index in [4.69, 9.17) is 0 Å². The van der Waals surface area contributed by atoms with Crippen LogP contribution in [0.25, 0.3) is 10.9 Å². The fraction of sp³-hybridized carbons (Fsp3) is 0.348. The van der Waals surface area contributed by atoms with E-state index in [1.807, 2.05) is 6.07 Å². The Kier molecular flexibility index (Phi) is 6.64. The minimum absolute atomic E-state index is 0.0247. The van der Waals surface area contributed by atoms with Gasteiger partial charge < -0.3 is 9.64 Å². The van der Waals surface area contributed by atoms with Gasteiger partial charge in [-0.1, -0.05) is 24.3 Å². The first kappa shape index (κ1) is 22.8. The Morgan fingerprint density at radius 3 is 2.39 bits per heavy atom. The van der Waals surface area contributed by atoms with E-state index in [1.165, 1.54) is 23.0 Å². The molecule has 0 radical (unpaired) electrons. The van der Waals surface area contributed by atoms with Gasteiger partial charge in [0.15, 0.2) is 0 Å². The predicted octanol–water partition coefficient (Wildman–Crippen LogP) is 3.03. The summed E-state index contributed by atoms with van der Waals surface area (Å²) in [7, 11) is 0. The van der Waals surface area contributed by atoms with E-state index in [1.54, 1.807) is 35.2 Å². The zero-order valence-corrected chi connectivity index (χ0v) is 17.8. The largest absolute Gasteiger partial charge is 0.573 e. The van der Waals surface area contributed by atoms with Crippen LogP contribution in [-0.4, -0.2) is 57.8 Å². The second-order valence-electron chi connectivity index (χ2n) is 7.86. The number of alkyl halides is 3. The first-order valence-corrected chi connectivity index (χ1v) is 10.6. The van der Waals surface area contributed by atoms with Crippen LogP contribution in [0, 0.1) is 0 Å². The topological polar surface area (TPSA) is 67.7 Å². The molecular weight excluding hydrogens is 437 g/mol. The minimum atomic E-state index is -4.71. The summed E-state index contributed by atoms with van der Waals surface area (Å²) in [6.45, 7) is 3.26. The second-order valence-corrected chi connectivity index (χ2v) is 7.86. The molecule has 1 aromatic heterocycles. The van der Waals surface area contributed by atoms with Crippen LogP contribution in [0.1, 0.15) is 12.0 Å². The quantitative estimate of drug-likeness (QED) is 0.566. The number of piperazine rings is 1. The van der Waals surface area contributed by atoms with Gasteiger partial charge in [-0.2, -0.15) is 0 Å². The van der Waals surface area contributed by atoms with Crippen LogP contribution in [0.3, 0.4) is 0 Å². The van der Waals surface area contributed by atoms with Crippen LogP contribution in [0.5, 0.6) is 5.75 Å². The van der Waals surface area contributed by atoms with Gasteiger partial charge in [0.25, 0.3) is 5.56 Å². The van der Waals surface area contributed by atoms with Crippen molar-refractivity contribution >= 4 is 16.8 Å². The minimum Gasteiger partial charge on any atom is -0.406 e. The first-order valence-electron chi connectivity index (χ1n) is 10.6. The number of hydrogen-bond acceptors (Lipinski definition) is 5. The van der Waals surface area contributed by atoms with Crippen molar-refractivity contribution in [2.75, 3.05) is 26.2 Å². The molecule has 7 nitrogen and oxygen atoms in total. The molecule has 0 bridgehead atoms. The smallest absolute Gasteiger partial charge is 0.406 e. The van der Waals surface area contributed by atoms with Gasteiger partial charge in [0.1, 0.15) is 5.75 Å². The van der Waals surface area contributed by atoms with Crippen molar-refractivity contribution in [3.63, 3.8) is 0 Å². The lowest BCUT2D eigenvalue weighted by molar-refractivity contribution is -0.274. The maximum absolute atomic E-state index is 12.6. The second kappa shape index (κ2) is 9.62. The van der Waals surface area contributed by atoms with Crippen molar-refractivity contribution in [2.24, 2.45) is 0 Å². The Morgan fingerprint density at radius 2 is 1.70 bits per heavy atom. The van der Waals surface area contributed by atoms with Gasteiger partial charge >= 0.3 is 6.36 Å². The number of carbonyl (C=O) groups is 1. The maximum Gasteiger partial charge on any atom is 0.573 e. The number of aryl methyl sites for hydroxylation is 1. The summed E-state index contributed by atoms with van der Waals surface area (Å²) in [5.74, 6) is -0.272. The number of rotatable bonds is 6. The molecule has 1 saturated heterocycles. The fourth-order valence-corrected chi connectivity index (χ4v) is 3.85. The number of aromatic nitrogens is 2. The number of para-hydroxylation sites is 1. The molecule has 1 amide bonds. The van der Waals surface area contributed by atoms with E-state index in [0.29, 0.717) is 43.6 Å². The Bertz CT molecular complexity index is 1170. The molecule has 33 heavy (non-hydrogen) atoms. The lowest BCUT2D eigenvalue weighted by atomic mass is 10.2. The number of ether oxygens (including phenoxy) is 1. The number of halogens is 3. The van der Waals surface area contributed by atoms with Gasteiger partial charge in [0.05, 0.1) is 17.2 Å². The van der Waals surface area contributed by atoms with E-state index in [9.17, 15) is 22.8 Å². The third-order valence-corrected chi connectivity index (χ3v) is 5.59. The maximum atomic E-state index is 12.6. The predicted molar refractivity (Wildman–Crippen MR) is 116 cm³/mol. The van der Waals surface area contributed by atoms with Gasteiger partial charge in [0, 0.05) is 45.7 Å². The highest BCUT2D eigenvalue weighted by atomic mass is 19.4. The first-order chi connectivity index (χ1) is 15.8. The summed E-state index contributed by atoms with van der Waals surface area (Å²) >= 11 is 0. The molecule has 174 valence electrons. The molecular formula is C23H23F3N4O3. The van der Waals surface area contributed by atoms with Crippen LogP contribution in [0.2, 0.25) is 0 Å². The zero-order chi connectivity index (χ0) is 23.4. The van der Waals surface area contributed by atoms with Crippen molar-refractivity contribution in [2.45, 2.75) is 25.9 Å². The van der Waals surface area contributed by atoms with Crippen molar-refractivity contribution in [1.29, 1.82) is 0 Å². The highest BCUT2D eigenvalue weighted by Gasteiger charge is 2.31. The Labute approximate surface area is 188 Å². The Hall–Kier alpha value is -3.40. The van der Waals surface area contributed by atoms with E-state index in [2.05, 4.69) is 14.6 Å². The molecule has 1 aliphatic rings. The van der Waals surface area contributed by atoms with Crippen molar-refractivity contribution < 1.29 is 22.7 Å². The number of carbonyl (C=O) groups excluding carboxylic acids is 1. The van der Waals surface area contributed by atoms with Gasteiger partial charge in [-0.05, 0) is 29.8 Å². The molecule has 2 heterocycles. The van der Waals surface area contributed by atoms with E-state index in [-0.39, 0.29) is 30.2 Å². The molecule has 0 N–H and O–H groups in total. The van der Waals surface area contributed by atoms with Gasteiger partial charge in [-0.3, -0.25) is 19.1 Å². The lowest BCUT2D eigenvalue weighted by Gasteiger charge is -2.35. The van der Waals surface area contributed by atoms with Gasteiger partial charge in [-0.15, -0.1) is 13.2 Å². The highest BCUT2D eigenvalue weighted by Crippen LogP contribution is 2.23. The molecule has 2 aromatic carbocycles. The number of hydrogen-bond donors (Lipinski definition) is 0. The van der Waals surface area contributed by atoms with Crippen LogP contribution >= 0.6 is 0 Å². The van der Waals surface area contributed by atoms with Crippen LogP contribution in [0.15, 0.2) is 59.7 Å². The van der Waals surface area contributed by atoms with E-state index < -0.39 is 6.36 Å². The molecule has 3 aromatic rings. The molecule has 0 saturated carbocycles. The molecule has 0 atom stereocenters. The molecule has 0 unspecified atom stereocenters. The van der Waals surface area contributed by atoms with Crippen molar-refractivity contribution in [3.05, 3.63) is 70.8 Å². The SMILES string of the molecule is O=C(CCn1cnc2ccccc2c1=O)N1CCN(Cc2ccc(OC(F)(F)F)cc2)CC1. The number of nitrogens with zero attached hydrogens (tertiary/aromatic N) is 4. The highest BCUT2D eigenvalue weighted by molar-refractivity contribution is 5.77. The summed E-state index contributed by atoms with van der Waals surface area (Å²) in [4.78, 5) is 33.4. The molecule has 0 aliphatic carbocycles. The Balaban J connectivity index is 1.25. The average molecular weight is 460 g/mol. The third-order valence-electron chi connectivity index (χ3n) is 5.59. The average Bonchev–Trinajstić information content (AvgIpc) is 2.79. The van der Waals surface area contributed by atoms with Crippen LogP contribution in [-0.2, 0) is 17.9 Å². The summed E-state index contributed by atoms with van der Waals surface area (Å²) in [5, 5.41) is 0.527. The Morgan fingerprint density at radius 1 is 1.00 bits per heavy atom. The van der Waals surface area contributed by atoms with Gasteiger partial charge in [0.2, 0.25) is 5.91 Å². The van der Waals surface area contributed by atoms with E-state index >= 15 is 0 Å². The number of fused-ring (bicyclic) bond motifs is 1. The number of amides is 1. The van der Waals surface area contributed by atoms with Crippen molar-refractivity contribution in [1.82, 2.24) is 19.4 Å². The normalized spacial score (nSPS) is 15.1. The summed E-state index contributed by atoms with van der Waals surface area (Å²) in [5.41, 5.74) is 1.33. The zero-order valence-electron chi connectivity index (χ0n) is 17.8. The molecule has 1 fully saturated rings. The van der Waals surface area contributed by atoms with E-state index in [0.717, 1.165) is 5.56 Å². The fourth-order valence-electron chi connectivity index (χ4n) is 3.85. The number of benzene rings is 2.